The monoisotopic (exact) mass is 363 g/mol. The summed E-state index contributed by atoms with van der Waals surface area (Å²) in [6.45, 7) is -0.248. The lowest BCUT2D eigenvalue weighted by Gasteiger charge is -2.09. The molecule has 6 nitrogen and oxygen atoms in total. The van der Waals surface area contributed by atoms with E-state index in [-0.39, 0.29) is 17.0 Å². The van der Waals surface area contributed by atoms with Crippen LogP contribution in [0.3, 0.4) is 0 Å². The molecule has 0 aromatic heterocycles. The molecule has 0 saturated carbocycles. The highest BCUT2D eigenvalue weighted by Crippen LogP contribution is 2.15. The highest BCUT2D eigenvalue weighted by molar-refractivity contribution is 7.89. The van der Waals surface area contributed by atoms with Crippen molar-refractivity contribution in [2.75, 3.05) is 6.54 Å². The maximum atomic E-state index is 12.2. The predicted molar refractivity (Wildman–Crippen MR) is 89.6 cm³/mol. The SMILES string of the molecule is N#Cc1ccccc1S(=O)(=O)NCC(=O)NCc1ccccc1Cl. The number of nitrogens with one attached hydrogen (secondary N) is 2. The van der Waals surface area contributed by atoms with E-state index in [1.807, 2.05) is 6.07 Å². The third-order valence-electron chi connectivity index (χ3n) is 3.15. The number of rotatable bonds is 6. The van der Waals surface area contributed by atoms with E-state index in [0.29, 0.717) is 5.02 Å². The second-order valence-corrected chi connectivity index (χ2v) is 6.94. The smallest absolute Gasteiger partial charge is 0.242 e. The fourth-order valence-electron chi connectivity index (χ4n) is 1.93. The fourth-order valence-corrected chi connectivity index (χ4v) is 3.27. The molecule has 0 spiro atoms. The molecule has 0 unspecified atom stereocenters. The Bertz CT molecular complexity index is 891. The van der Waals surface area contributed by atoms with Crippen LogP contribution in [0.1, 0.15) is 11.1 Å². The Hall–Kier alpha value is -2.40. The molecular formula is C16H14ClN3O3S. The summed E-state index contributed by atoms with van der Waals surface area (Å²) >= 11 is 5.98. The normalized spacial score (nSPS) is 10.8. The average Bonchev–Trinajstić information content (AvgIpc) is 2.59. The van der Waals surface area contributed by atoms with Gasteiger partial charge in [-0.3, -0.25) is 4.79 Å². The number of hydrogen-bond donors (Lipinski definition) is 2. The van der Waals surface area contributed by atoms with Crippen molar-refractivity contribution in [1.82, 2.24) is 10.0 Å². The van der Waals surface area contributed by atoms with Gasteiger partial charge in [-0.1, -0.05) is 41.9 Å². The van der Waals surface area contributed by atoms with Crippen LogP contribution in [0.15, 0.2) is 53.4 Å². The first-order valence-electron chi connectivity index (χ1n) is 6.93. The van der Waals surface area contributed by atoms with Gasteiger partial charge in [0.2, 0.25) is 15.9 Å². The van der Waals surface area contributed by atoms with E-state index in [4.69, 9.17) is 16.9 Å². The molecule has 0 fully saturated rings. The largest absolute Gasteiger partial charge is 0.351 e. The van der Waals surface area contributed by atoms with E-state index in [9.17, 15) is 13.2 Å². The van der Waals surface area contributed by atoms with Crippen LogP contribution in [0.5, 0.6) is 0 Å². The Labute approximate surface area is 145 Å². The van der Waals surface area contributed by atoms with E-state index < -0.39 is 22.5 Å². The molecule has 0 bridgehead atoms. The summed E-state index contributed by atoms with van der Waals surface area (Å²) in [5.41, 5.74) is 0.742. The molecule has 2 aromatic carbocycles. The van der Waals surface area contributed by atoms with Gasteiger partial charge in [0, 0.05) is 11.6 Å². The van der Waals surface area contributed by atoms with E-state index >= 15 is 0 Å². The van der Waals surface area contributed by atoms with Crippen molar-refractivity contribution in [3.63, 3.8) is 0 Å². The lowest BCUT2D eigenvalue weighted by Crippen LogP contribution is -2.36. The summed E-state index contributed by atoms with van der Waals surface area (Å²) in [5.74, 6) is -0.507. The summed E-state index contributed by atoms with van der Waals surface area (Å²) in [5, 5.41) is 12.1. The lowest BCUT2D eigenvalue weighted by atomic mass is 10.2. The van der Waals surface area contributed by atoms with Gasteiger partial charge in [0.15, 0.2) is 0 Å². The number of amides is 1. The topological polar surface area (TPSA) is 99.1 Å². The van der Waals surface area contributed by atoms with Gasteiger partial charge in [-0.15, -0.1) is 0 Å². The van der Waals surface area contributed by atoms with E-state index in [1.165, 1.54) is 18.2 Å². The van der Waals surface area contributed by atoms with Gasteiger partial charge in [0.1, 0.15) is 6.07 Å². The molecule has 0 aliphatic heterocycles. The first-order chi connectivity index (χ1) is 11.4. The van der Waals surface area contributed by atoms with Gasteiger partial charge in [0.05, 0.1) is 17.0 Å². The van der Waals surface area contributed by atoms with Crippen LogP contribution in [0.4, 0.5) is 0 Å². The van der Waals surface area contributed by atoms with Gasteiger partial charge < -0.3 is 5.32 Å². The number of halogens is 1. The standard InChI is InChI=1S/C16H14ClN3O3S/c17-14-7-3-1-6-13(14)10-19-16(21)11-20-24(22,23)15-8-4-2-5-12(15)9-18/h1-8,20H,10-11H2,(H,19,21). The summed E-state index contributed by atoms with van der Waals surface area (Å²) < 4.78 is 26.5. The van der Waals surface area contributed by atoms with E-state index in [1.54, 1.807) is 30.3 Å². The van der Waals surface area contributed by atoms with Crippen molar-refractivity contribution in [3.05, 3.63) is 64.7 Å². The molecule has 0 aliphatic rings. The maximum absolute atomic E-state index is 12.2. The summed E-state index contributed by atoms with van der Waals surface area (Å²) in [4.78, 5) is 11.7. The van der Waals surface area contributed by atoms with Crippen LogP contribution < -0.4 is 10.0 Å². The van der Waals surface area contributed by atoms with Crippen LogP contribution in [0.2, 0.25) is 5.02 Å². The zero-order chi connectivity index (χ0) is 17.6. The number of nitriles is 1. The second-order valence-electron chi connectivity index (χ2n) is 4.80. The molecule has 24 heavy (non-hydrogen) atoms. The molecule has 0 heterocycles. The van der Waals surface area contributed by atoms with Crippen LogP contribution in [0, 0.1) is 11.3 Å². The number of sulfonamides is 1. The summed E-state index contributed by atoms with van der Waals surface area (Å²) in [6.07, 6.45) is 0. The Morgan fingerprint density at radius 3 is 2.50 bits per heavy atom. The maximum Gasteiger partial charge on any atom is 0.242 e. The predicted octanol–water partition coefficient (Wildman–Crippen LogP) is 1.81. The first kappa shape index (κ1) is 17.9. The minimum Gasteiger partial charge on any atom is -0.351 e. The first-order valence-corrected chi connectivity index (χ1v) is 8.79. The fraction of sp³-hybridized carbons (Fsp3) is 0.125. The number of nitrogens with zero attached hydrogens (tertiary/aromatic N) is 1. The molecule has 124 valence electrons. The highest BCUT2D eigenvalue weighted by atomic mass is 35.5. The number of carbonyl (C=O) groups is 1. The van der Waals surface area contributed by atoms with Gasteiger partial charge in [0.25, 0.3) is 0 Å². The Balaban J connectivity index is 1.96. The quantitative estimate of drug-likeness (QED) is 0.817. The van der Waals surface area contributed by atoms with E-state index in [2.05, 4.69) is 10.0 Å². The summed E-state index contributed by atoms with van der Waals surface area (Å²) in [7, 11) is -3.95. The van der Waals surface area contributed by atoms with Gasteiger partial charge in [-0.2, -0.15) is 5.26 Å². The van der Waals surface area contributed by atoms with Crippen LogP contribution in [0.25, 0.3) is 0 Å². The molecule has 0 aliphatic carbocycles. The Morgan fingerprint density at radius 1 is 1.12 bits per heavy atom. The van der Waals surface area contributed by atoms with Crippen molar-refractivity contribution in [3.8, 4) is 6.07 Å². The zero-order valence-corrected chi connectivity index (χ0v) is 14.1. The van der Waals surface area contributed by atoms with Crippen molar-refractivity contribution in [1.29, 1.82) is 5.26 Å². The molecule has 0 atom stereocenters. The Morgan fingerprint density at radius 2 is 1.79 bits per heavy atom. The minimum absolute atomic E-state index is 0.0153. The van der Waals surface area contributed by atoms with Crippen molar-refractivity contribution < 1.29 is 13.2 Å². The molecule has 2 N–H and O–H groups in total. The number of benzene rings is 2. The van der Waals surface area contributed by atoms with Crippen molar-refractivity contribution >= 4 is 27.5 Å². The van der Waals surface area contributed by atoms with Crippen LogP contribution in [-0.2, 0) is 21.4 Å². The third-order valence-corrected chi connectivity index (χ3v) is 4.98. The summed E-state index contributed by atoms with van der Waals surface area (Å²) in [6, 6.07) is 14.6. The highest BCUT2D eigenvalue weighted by Gasteiger charge is 2.19. The molecule has 0 radical (unpaired) electrons. The number of hydrogen-bond acceptors (Lipinski definition) is 4. The van der Waals surface area contributed by atoms with Gasteiger partial charge in [-0.05, 0) is 23.8 Å². The third kappa shape index (κ3) is 4.55. The van der Waals surface area contributed by atoms with Gasteiger partial charge in [-0.25, -0.2) is 13.1 Å². The van der Waals surface area contributed by atoms with Crippen LogP contribution in [-0.4, -0.2) is 20.9 Å². The average molecular weight is 364 g/mol. The number of carbonyl (C=O) groups excluding carboxylic acids is 1. The zero-order valence-electron chi connectivity index (χ0n) is 12.5. The molecule has 2 aromatic rings. The van der Waals surface area contributed by atoms with Crippen molar-refractivity contribution in [2.45, 2.75) is 11.4 Å². The minimum atomic E-state index is -3.95. The molecule has 8 heteroatoms. The lowest BCUT2D eigenvalue weighted by molar-refractivity contribution is -0.120. The van der Waals surface area contributed by atoms with Gasteiger partial charge >= 0.3 is 0 Å². The molecule has 1 amide bonds. The van der Waals surface area contributed by atoms with E-state index in [0.717, 1.165) is 5.56 Å². The molecular weight excluding hydrogens is 350 g/mol. The Kier molecular flexibility index (Phi) is 5.93. The van der Waals surface area contributed by atoms with Crippen LogP contribution >= 0.6 is 11.6 Å². The molecule has 2 rings (SSSR count). The molecule has 0 saturated heterocycles. The van der Waals surface area contributed by atoms with Crippen molar-refractivity contribution in [2.24, 2.45) is 0 Å². The second kappa shape index (κ2) is 7.93.